The number of halogens is 1. The van der Waals surface area contributed by atoms with Gasteiger partial charge in [0, 0.05) is 17.4 Å². The van der Waals surface area contributed by atoms with Gasteiger partial charge in [-0.3, -0.25) is 4.79 Å². The summed E-state index contributed by atoms with van der Waals surface area (Å²) < 4.78 is 0. The molecule has 1 fully saturated rings. The molecule has 4 nitrogen and oxygen atoms in total. The first-order valence-corrected chi connectivity index (χ1v) is 6.92. The Balaban J connectivity index is 1.89. The van der Waals surface area contributed by atoms with Crippen LogP contribution in [-0.2, 0) is 5.54 Å². The lowest BCUT2D eigenvalue weighted by Gasteiger charge is -2.43. The molecule has 0 unspecified atom stereocenters. The van der Waals surface area contributed by atoms with Gasteiger partial charge in [-0.2, -0.15) is 0 Å². The molecule has 2 aromatic rings. The topological polar surface area (TPSA) is 54.9 Å². The van der Waals surface area contributed by atoms with Crippen LogP contribution in [0.4, 0.5) is 5.95 Å². The maximum atomic E-state index is 10.6. The molecular weight excluding hydrogens is 274 g/mol. The first-order valence-electron chi connectivity index (χ1n) is 6.54. The van der Waals surface area contributed by atoms with E-state index in [1.54, 1.807) is 0 Å². The molecule has 0 radical (unpaired) electrons. The van der Waals surface area contributed by atoms with Crippen molar-refractivity contribution in [3.63, 3.8) is 0 Å². The molecule has 1 aromatic heterocycles. The van der Waals surface area contributed by atoms with E-state index >= 15 is 0 Å². The van der Waals surface area contributed by atoms with Crippen LogP contribution in [0.5, 0.6) is 0 Å². The van der Waals surface area contributed by atoms with Gasteiger partial charge in [0.2, 0.25) is 5.95 Å². The fraction of sp³-hybridized carbons (Fsp3) is 0.267. The third-order valence-corrected chi connectivity index (χ3v) is 4.09. The maximum absolute atomic E-state index is 10.6. The predicted molar refractivity (Wildman–Crippen MR) is 78.0 cm³/mol. The highest BCUT2D eigenvalue weighted by Crippen LogP contribution is 2.45. The summed E-state index contributed by atoms with van der Waals surface area (Å²) in [6, 6.07) is 7.84. The first-order chi connectivity index (χ1) is 9.73. The number of aromatic nitrogens is 2. The Hall–Kier alpha value is -1.94. The number of rotatable bonds is 4. The molecule has 1 N–H and O–H groups in total. The van der Waals surface area contributed by atoms with Crippen molar-refractivity contribution in [3.8, 4) is 0 Å². The number of nitrogens with one attached hydrogen (secondary N) is 1. The van der Waals surface area contributed by atoms with E-state index in [1.165, 1.54) is 12.4 Å². The monoisotopic (exact) mass is 287 g/mol. The quantitative estimate of drug-likeness (QED) is 0.875. The zero-order valence-electron chi connectivity index (χ0n) is 10.8. The average molecular weight is 288 g/mol. The second-order valence-corrected chi connectivity index (χ2v) is 5.41. The van der Waals surface area contributed by atoms with Crippen molar-refractivity contribution in [2.45, 2.75) is 24.8 Å². The smallest absolute Gasteiger partial charge is 0.223 e. The Morgan fingerprint density at radius 3 is 2.45 bits per heavy atom. The Kier molecular flexibility index (Phi) is 3.40. The minimum Gasteiger partial charge on any atom is -0.345 e. The normalized spacial score (nSPS) is 16.2. The molecule has 0 spiro atoms. The number of anilines is 1. The van der Waals surface area contributed by atoms with Crippen LogP contribution in [0.2, 0.25) is 5.02 Å². The summed E-state index contributed by atoms with van der Waals surface area (Å²) in [7, 11) is 0. The van der Waals surface area contributed by atoms with Gasteiger partial charge in [0.05, 0.1) is 11.1 Å². The fourth-order valence-corrected chi connectivity index (χ4v) is 2.84. The molecule has 0 aliphatic heterocycles. The highest BCUT2D eigenvalue weighted by atomic mass is 35.5. The molecule has 1 heterocycles. The highest BCUT2D eigenvalue weighted by molar-refractivity contribution is 6.31. The van der Waals surface area contributed by atoms with E-state index in [0.29, 0.717) is 11.5 Å². The van der Waals surface area contributed by atoms with Crippen LogP contribution >= 0.6 is 11.6 Å². The average Bonchev–Trinajstić information content (AvgIpc) is 2.44. The number of aldehydes is 1. The van der Waals surface area contributed by atoms with Crippen molar-refractivity contribution in [3.05, 3.63) is 52.8 Å². The van der Waals surface area contributed by atoms with Crippen LogP contribution in [0.15, 0.2) is 36.7 Å². The van der Waals surface area contributed by atoms with E-state index in [1.807, 2.05) is 24.3 Å². The van der Waals surface area contributed by atoms with Crippen LogP contribution in [0.1, 0.15) is 35.2 Å². The predicted octanol–water partition coefficient (Wildman–Crippen LogP) is 3.43. The standard InChI is InChI=1S/C15H14ClN3O/c16-13-5-2-1-4-12(13)15(6-3-7-15)19-14-17-8-11(10-20)9-18-14/h1-2,4-5,8-10H,3,6-7H2,(H,17,18,19). The summed E-state index contributed by atoms with van der Waals surface area (Å²) in [5.74, 6) is 0.523. The van der Waals surface area contributed by atoms with E-state index in [4.69, 9.17) is 11.6 Å². The number of nitrogens with zero attached hydrogens (tertiary/aromatic N) is 2. The van der Waals surface area contributed by atoms with E-state index < -0.39 is 0 Å². The summed E-state index contributed by atoms with van der Waals surface area (Å²) in [6.45, 7) is 0. The maximum Gasteiger partial charge on any atom is 0.223 e. The van der Waals surface area contributed by atoms with Crippen LogP contribution in [-0.4, -0.2) is 16.3 Å². The van der Waals surface area contributed by atoms with Gasteiger partial charge in [0.1, 0.15) is 0 Å². The lowest BCUT2D eigenvalue weighted by Crippen LogP contribution is -2.42. The van der Waals surface area contributed by atoms with Crippen LogP contribution in [0.25, 0.3) is 0 Å². The van der Waals surface area contributed by atoms with Crippen LogP contribution in [0, 0.1) is 0 Å². The Labute approximate surface area is 122 Å². The van der Waals surface area contributed by atoms with Crippen molar-refractivity contribution in [1.82, 2.24) is 9.97 Å². The second kappa shape index (κ2) is 5.21. The Bertz CT molecular complexity index is 623. The van der Waals surface area contributed by atoms with Crippen molar-refractivity contribution in [2.24, 2.45) is 0 Å². The van der Waals surface area contributed by atoms with E-state index in [-0.39, 0.29) is 5.54 Å². The molecule has 3 rings (SSSR count). The third-order valence-electron chi connectivity index (χ3n) is 3.76. The summed E-state index contributed by atoms with van der Waals surface area (Å²) in [5, 5.41) is 4.13. The molecule has 0 saturated heterocycles. The van der Waals surface area contributed by atoms with E-state index in [2.05, 4.69) is 15.3 Å². The van der Waals surface area contributed by atoms with Crippen LogP contribution < -0.4 is 5.32 Å². The molecule has 5 heteroatoms. The van der Waals surface area contributed by atoms with Crippen LogP contribution in [0.3, 0.4) is 0 Å². The highest BCUT2D eigenvalue weighted by Gasteiger charge is 2.40. The van der Waals surface area contributed by atoms with Gasteiger partial charge in [-0.25, -0.2) is 9.97 Å². The van der Waals surface area contributed by atoms with Gasteiger partial charge in [-0.05, 0) is 30.9 Å². The number of benzene rings is 1. The summed E-state index contributed by atoms with van der Waals surface area (Å²) in [4.78, 5) is 19.0. The van der Waals surface area contributed by atoms with Gasteiger partial charge < -0.3 is 5.32 Å². The lowest BCUT2D eigenvalue weighted by atomic mass is 9.72. The van der Waals surface area contributed by atoms with Gasteiger partial charge in [0.15, 0.2) is 6.29 Å². The van der Waals surface area contributed by atoms with Crippen molar-refractivity contribution >= 4 is 23.8 Å². The fourth-order valence-electron chi connectivity index (χ4n) is 2.52. The lowest BCUT2D eigenvalue weighted by molar-refractivity contribution is 0.112. The molecule has 1 saturated carbocycles. The van der Waals surface area contributed by atoms with Crippen molar-refractivity contribution in [1.29, 1.82) is 0 Å². The minimum atomic E-state index is -0.193. The first kappa shape index (κ1) is 13.1. The number of carbonyl (C=O) groups is 1. The molecule has 1 aliphatic carbocycles. The van der Waals surface area contributed by atoms with Crippen molar-refractivity contribution in [2.75, 3.05) is 5.32 Å². The van der Waals surface area contributed by atoms with Gasteiger partial charge in [-0.1, -0.05) is 29.8 Å². The number of carbonyl (C=O) groups excluding carboxylic acids is 1. The molecule has 0 atom stereocenters. The van der Waals surface area contributed by atoms with Gasteiger partial charge >= 0.3 is 0 Å². The molecule has 102 valence electrons. The SMILES string of the molecule is O=Cc1cnc(NC2(c3ccccc3Cl)CCC2)nc1. The molecular formula is C15H14ClN3O. The zero-order valence-corrected chi connectivity index (χ0v) is 11.6. The number of hydrogen-bond acceptors (Lipinski definition) is 4. The van der Waals surface area contributed by atoms with Gasteiger partial charge in [-0.15, -0.1) is 0 Å². The molecule has 0 amide bonds. The van der Waals surface area contributed by atoms with Gasteiger partial charge in [0.25, 0.3) is 0 Å². The minimum absolute atomic E-state index is 0.193. The Morgan fingerprint density at radius 1 is 1.20 bits per heavy atom. The molecule has 20 heavy (non-hydrogen) atoms. The zero-order chi connectivity index (χ0) is 14.0. The third kappa shape index (κ3) is 2.27. The summed E-state index contributed by atoms with van der Waals surface area (Å²) in [5.41, 5.74) is 1.35. The van der Waals surface area contributed by atoms with Crippen molar-refractivity contribution < 1.29 is 4.79 Å². The summed E-state index contributed by atoms with van der Waals surface area (Å²) >= 11 is 6.31. The second-order valence-electron chi connectivity index (χ2n) is 5.00. The van der Waals surface area contributed by atoms with E-state index in [0.717, 1.165) is 36.1 Å². The molecule has 1 aliphatic rings. The Morgan fingerprint density at radius 2 is 1.90 bits per heavy atom. The number of hydrogen-bond donors (Lipinski definition) is 1. The largest absolute Gasteiger partial charge is 0.345 e. The summed E-state index contributed by atoms with van der Waals surface area (Å²) in [6.07, 6.45) is 6.90. The molecule has 1 aromatic carbocycles. The van der Waals surface area contributed by atoms with E-state index in [9.17, 15) is 4.79 Å². The molecule has 0 bridgehead atoms.